The summed E-state index contributed by atoms with van der Waals surface area (Å²) in [5.41, 5.74) is 0. The maximum absolute atomic E-state index is 2.15. The Kier molecular flexibility index (Phi) is 8.03. The number of rotatable bonds is 0. The molecule has 0 aliphatic rings. The summed E-state index contributed by atoms with van der Waals surface area (Å²) in [6.45, 7) is 0. The van der Waals surface area contributed by atoms with Crippen molar-refractivity contribution in [3.63, 3.8) is 0 Å². The Morgan fingerprint density at radius 2 is 1.33 bits per heavy atom. The van der Waals surface area contributed by atoms with E-state index < -0.39 is 0 Å². The van der Waals surface area contributed by atoms with Crippen molar-refractivity contribution in [3.05, 3.63) is 30.3 Å². The van der Waals surface area contributed by atoms with Gasteiger partial charge in [0, 0.05) is 10.2 Å². The average molecular weight is 181 g/mol. The van der Waals surface area contributed by atoms with E-state index in [1.54, 1.807) is 0 Å². The molecule has 1 aromatic rings. The van der Waals surface area contributed by atoms with Crippen LogP contribution in [-0.2, 0) is 0 Å². The van der Waals surface area contributed by atoms with Crippen molar-refractivity contribution < 1.29 is 0 Å². The molecule has 0 bridgehead atoms. The maximum atomic E-state index is 2.15. The van der Waals surface area contributed by atoms with Crippen LogP contribution >= 0.6 is 24.8 Å². The van der Waals surface area contributed by atoms with Crippen molar-refractivity contribution in [2.24, 2.45) is 0 Å². The first kappa shape index (κ1) is 11.8. The molecular formula is C6H10Cl2Si. The number of benzene rings is 1. The minimum absolute atomic E-state index is 0. The number of hydrogen-bond donors (Lipinski definition) is 0. The van der Waals surface area contributed by atoms with E-state index in [4.69, 9.17) is 0 Å². The van der Waals surface area contributed by atoms with Gasteiger partial charge < -0.3 is 0 Å². The van der Waals surface area contributed by atoms with Crippen molar-refractivity contribution in [1.29, 1.82) is 0 Å². The molecule has 0 unspecified atom stereocenters. The zero-order valence-corrected chi connectivity index (χ0v) is 8.84. The van der Waals surface area contributed by atoms with Crippen LogP contribution in [0.1, 0.15) is 0 Å². The number of halogens is 2. The fourth-order valence-electron chi connectivity index (χ4n) is 0.534. The van der Waals surface area contributed by atoms with Gasteiger partial charge in [-0.1, -0.05) is 35.5 Å². The van der Waals surface area contributed by atoms with Crippen molar-refractivity contribution in [2.75, 3.05) is 0 Å². The fraction of sp³-hybridized carbons (Fsp3) is 0. The SMILES string of the molecule is Cl.Cl.[SiH3]c1ccccc1. The molecule has 0 atom stereocenters. The highest BCUT2D eigenvalue weighted by molar-refractivity contribution is 6.32. The largest absolute Gasteiger partial charge is 0.147 e. The Bertz CT molecular complexity index is 141. The molecule has 0 aliphatic heterocycles. The van der Waals surface area contributed by atoms with Crippen LogP contribution < -0.4 is 5.19 Å². The second-order valence-corrected chi connectivity index (χ2v) is 2.81. The van der Waals surface area contributed by atoms with Crippen LogP contribution in [-0.4, -0.2) is 10.2 Å². The van der Waals surface area contributed by atoms with Crippen LogP contribution in [0.2, 0.25) is 0 Å². The third kappa shape index (κ3) is 4.52. The minimum atomic E-state index is 0. The lowest BCUT2D eigenvalue weighted by molar-refractivity contribution is 1.78. The van der Waals surface area contributed by atoms with Gasteiger partial charge in [-0.25, -0.2) is 0 Å². The molecule has 0 aliphatic carbocycles. The van der Waals surface area contributed by atoms with E-state index in [-0.39, 0.29) is 24.8 Å². The quantitative estimate of drug-likeness (QED) is 0.512. The van der Waals surface area contributed by atoms with Gasteiger partial charge >= 0.3 is 0 Å². The van der Waals surface area contributed by atoms with Crippen molar-refractivity contribution >= 4 is 40.2 Å². The summed E-state index contributed by atoms with van der Waals surface area (Å²) in [6, 6.07) is 10.5. The molecular weight excluding hydrogens is 171 g/mol. The van der Waals surface area contributed by atoms with Gasteiger partial charge in [0.25, 0.3) is 0 Å². The first-order chi connectivity index (χ1) is 3.39. The first-order valence-electron chi connectivity index (χ1n) is 2.41. The molecule has 0 saturated carbocycles. The van der Waals surface area contributed by atoms with E-state index in [2.05, 4.69) is 24.3 Å². The van der Waals surface area contributed by atoms with Crippen LogP contribution in [0.4, 0.5) is 0 Å². The zero-order valence-electron chi connectivity index (χ0n) is 5.20. The molecule has 0 fully saturated rings. The van der Waals surface area contributed by atoms with Gasteiger partial charge in [0.15, 0.2) is 0 Å². The molecule has 0 spiro atoms. The predicted octanol–water partition coefficient (Wildman–Crippen LogP) is 0.521. The van der Waals surface area contributed by atoms with Gasteiger partial charge in [-0.15, -0.1) is 24.8 Å². The third-order valence-electron chi connectivity index (χ3n) is 0.940. The van der Waals surface area contributed by atoms with E-state index in [1.165, 1.54) is 15.4 Å². The average Bonchev–Trinajstić information content (AvgIpc) is 1.69. The van der Waals surface area contributed by atoms with Gasteiger partial charge in [0.05, 0.1) is 0 Å². The highest BCUT2D eigenvalue weighted by atomic mass is 35.5. The van der Waals surface area contributed by atoms with Crippen LogP contribution in [0.25, 0.3) is 0 Å². The molecule has 0 N–H and O–H groups in total. The highest BCUT2D eigenvalue weighted by Crippen LogP contribution is 1.76. The fourth-order valence-corrected chi connectivity index (χ4v) is 0.919. The maximum Gasteiger partial charge on any atom is 0.0384 e. The zero-order chi connectivity index (χ0) is 5.11. The topological polar surface area (TPSA) is 0 Å². The minimum Gasteiger partial charge on any atom is -0.147 e. The molecule has 0 saturated heterocycles. The number of hydrogen-bond acceptors (Lipinski definition) is 0. The summed E-state index contributed by atoms with van der Waals surface area (Å²) in [6.07, 6.45) is 0. The van der Waals surface area contributed by atoms with Crippen molar-refractivity contribution in [2.45, 2.75) is 0 Å². The third-order valence-corrected chi connectivity index (χ3v) is 1.61. The smallest absolute Gasteiger partial charge is 0.0384 e. The summed E-state index contributed by atoms with van der Waals surface area (Å²) in [4.78, 5) is 0. The summed E-state index contributed by atoms with van der Waals surface area (Å²) in [5, 5.41) is 1.46. The lowest BCUT2D eigenvalue weighted by Gasteiger charge is -1.82. The van der Waals surface area contributed by atoms with Gasteiger partial charge in [0.2, 0.25) is 0 Å². The lowest BCUT2D eigenvalue weighted by atomic mass is 10.4. The normalized spacial score (nSPS) is 7.11. The van der Waals surface area contributed by atoms with E-state index in [0.717, 1.165) is 0 Å². The van der Waals surface area contributed by atoms with Crippen LogP contribution in [0.3, 0.4) is 0 Å². The highest BCUT2D eigenvalue weighted by Gasteiger charge is 1.72. The van der Waals surface area contributed by atoms with Crippen LogP contribution in [0.15, 0.2) is 30.3 Å². The monoisotopic (exact) mass is 180 g/mol. The molecule has 0 nitrogen and oxygen atoms in total. The van der Waals surface area contributed by atoms with E-state index in [9.17, 15) is 0 Å². The van der Waals surface area contributed by atoms with Gasteiger partial charge in [-0.3, -0.25) is 0 Å². The standard InChI is InChI=1S/C6H8Si.2ClH/c7-6-4-2-1-3-5-6;;/h1-5H,7H3;2*1H. The Morgan fingerprint density at radius 1 is 0.889 bits per heavy atom. The molecule has 3 heteroatoms. The van der Waals surface area contributed by atoms with Gasteiger partial charge in [0.1, 0.15) is 0 Å². The first-order valence-corrected chi connectivity index (χ1v) is 3.41. The summed E-state index contributed by atoms with van der Waals surface area (Å²) in [5.74, 6) is 0. The molecule has 0 heterocycles. The van der Waals surface area contributed by atoms with Crippen molar-refractivity contribution in [3.8, 4) is 0 Å². The molecule has 0 aromatic heterocycles. The molecule has 0 radical (unpaired) electrons. The molecule has 1 rings (SSSR count). The molecule has 9 heavy (non-hydrogen) atoms. The van der Waals surface area contributed by atoms with Crippen molar-refractivity contribution in [1.82, 2.24) is 0 Å². The predicted molar refractivity (Wildman–Crippen MR) is 50.5 cm³/mol. The lowest BCUT2D eigenvalue weighted by Crippen LogP contribution is -1.97. The van der Waals surface area contributed by atoms with E-state index in [1.807, 2.05) is 6.07 Å². The van der Waals surface area contributed by atoms with Crippen LogP contribution in [0, 0.1) is 0 Å². The van der Waals surface area contributed by atoms with E-state index in [0.29, 0.717) is 0 Å². The molecule has 52 valence electrons. The Labute approximate surface area is 70.9 Å². The summed E-state index contributed by atoms with van der Waals surface area (Å²) in [7, 11) is 1.17. The van der Waals surface area contributed by atoms with Crippen LogP contribution in [0.5, 0.6) is 0 Å². The molecule has 0 amide bonds. The second kappa shape index (κ2) is 6.14. The summed E-state index contributed by atoms with van der Waals surface area (Å²) < 4.78 is 0. The Hall–Kier alpha value is 0.0169. The second-order valence-electron chi connectivity index (χ2n) is 1.65. The Balaban J connectivity index is 0. The van der Waals surface area contributed by atoms with Gasteiger partial charge in [-0.2, -0.15) is 0 Å². The molecule has 1 aromatic carbocycles. The Morgan fingerprint density at radius 3 is 1.56 bits per heavy atom. The summed E-state index contributed by atoms with van der Waals surface area (Å²) >= 11 is 0. The van der Waals surface area contributed by atoms with Gasteiger partial charge in [-0.05, 0) is 0 Å². The van der Waals surface area contributed by atoms with E-state index >= 15 is 0 Å².